The van der Waals surface area contributed by atoms with Crippen LogP contribution in [0.3, 0.4) is 0 Å². The van der Waals surface area contributed by atoms with Crippen LogP contribution in [0.25, 0.3) is 0 Å². The quantitative estimate of drug-likeness (QED) is 0.461. The Morgan fingerprint density at radius 1 is 1.33 bits per heavy atom. The number of hydrogen-bond donors (Lipinski definition) is 2. The Labute approximate surface area is 74.9 Å². The first-order valence-electron chi connectivity index (χ1n) is 5.02. The smallest absolute Gasteiger partial charge is 0.0403 e. The Kier molecular flexibility index (Phi) is 1.59. The van der Waals surface area contributed by atoms with E-state index in [1.165, 1.54) is 19.3 Å². The lowest BCUT2D eigenvalue weighted by Crippen LogP contribution is -2.75. The van der Waals surface area contributed by atoms with Gasteiger partial charge in [-0.2, -0.15) is 0 Å². The van der Waals surface area contributed by atoms with E-state index < -0.39 is 0 Å². The average molecular weight is 168 g/mol. The molecule has 0 radical (unpaired) electrons. The van der Waals surface area contributed by atoms with Crippen molar-refractivity contribution in [3.05, 3.63) is 0 Å². The fourth-order valence-corrected chi connectivity index (χ4v) is 3.52. The molecule has 3 N–H and O–H groups in total. The number of nitrogens with one attached hydrogen (secondary N) is 1. The summed E-state index contributed by atoms with van der Waals surface area (Å²) in [6, 6.07) is 0. The van der Waals surface area contributed by atoms with Crippen LogP contribution in [0.1, 0.15) is 40.0 Å². The van der Waals surface area contributed by atoms with Crippen molar-refractivity contribution >= 4 is 0 Å². The molecule has 0 aromatic carbocycles. The van der Waals surface area contributed by atoms with Crippen LogP contribution in [0.2, 0.25) is 0 Å². The Hall–Kier alpha value is -0.0800. The maximum absolute atomic E-state index is 5.69. The van der Waals surface area contributed by atoms with E-state index in [1.54, 1.807) is 0 Å². The minimum Gasteiger partial charge on any atom is -0.271 e. The molecule has 2 nitrogen and oxygen atoms in total. The number of hydrazine groups is 1. The van der Waals surface area contributed by atoms with E-state index in [0.717, 1.165) is 11.8 Å². The van der Waals surface area contributed by atoms with Gasteiger partial charge in [-0.15, -0.1) is 0 Å². The number of hydrogen-bond acceptors (Lipinski definition) is 2. The minimum absolute atomic E-state index is 0.246. The second-order valence-electron chi connectivity index (χ2n) is 5.22. The number of nitrogens with two attached hydrogens (primary N) is 1. The van der Waals surface area contributed by atoms with Crippen molar-refractivity contribution in [2.45, 2.75) is 45.6 Å². The molecule has 2 heteroatoms. The van der Waals surface area contributed by atoms with Crippen molar-refractivity contribution in [1.82, 2.24) is 5.43 Å². The van der Waals surface area contributed by atoms with Gasteiger partial charge in [0.25, 0.3) is 0 Å². The molecule has 3 saturated carbocycles. The molecule has 2 bridgehead atoms. The average Bonchev–Trinajstić information content (AvgIpc) is 2.04. The van der Waals surface area contributed by atoms with Crippen LogP contribution in [-0.2, 0) is 0 Å². The molecule has 12 heavy (non-hydrogen) atoms. The van der Waals surface area contributed by atoms with Crippen LogP contribution in [0.4, 0.5) is 0 Å². The molecule has 3 unspecified atom stereocenters. The first kappa shape index (κ1) is 8.52. The highest BCUT2D eigenvalue weighted by Gasteiger charge is 2.63. The van der Waals surface area contributed by atoms with E-state index in [1.807, 2.05) is 0 Å². The van der Waals surface area contributed by atoms with Gasteiger partial charge in [-0.25, -0.2) is 0 Å². The summed E-state index contributed by atoms with van der Waals surface area (Å²) >= 11 is 0. The maximum Gasteiger partial charge on any atom is 0.0403 e. The first-order valence-corrected chi connectivity index (χ1v) is 5.02. The SMILES string of the molecule is CC1CCC2CC1(NN)C2(C)C. The Morgan fingerprint density at radius 2 is 2.00 bits per heavy atom. The van der Waals surface area contributed by atoms with Crippen LogP contribution in [-0.4, -0.2) is 5.54 Å². The third-order valence-electron chi connectivity index (χ3n) is 4.79. The summed E-state index contributed by atoms with van der Waals surface area (Å²) in [6.07, 6.45) is 4.04. The van der Waals surface area contributed by atoms with Gasteiger partial charge >= 0.3 is 0 Å². The third-order valence-corrected chi connectivity index (χ3v) is 4.79. The topological polar surface area (TPSA) is 38.0 Å². The molecular formula is C10H20N2. The summed E-state index contributed by atoms with van der Waals surface area (Å²) in [6.45, 7) is 7.05. The summed E-state index contributed by atoms with van der Waals surface area (Å²) in [5.74, 6) is 7.34. The van der Waals surface area contributed by atoms with Gasteiger partial charge in [0.1, 0.15) is 0 Å². The fraction of sp³-hybridized carbons (Fsp3) is 1.00. The van der Waals surface area contributed by atoms with E-state index >= 15 is 0 Å². The van der Waals surface area contributed by atoms with Crippen LogP contribution >= 0.6 is 0 Å². The molecule has 3 fully saturated rings. The molecule has 70 valence electrons. The summed E-state index contributed by atoms with van der Waals surface area (Å²) in [5.41, 5.74) is 3.75. The van der Waals surface area contributed by atoms with Gasteiger partial charge in [0.15, 0.2) is 0 Å². The van der Waals surface area contributed by atoms with Crippen molar-refractivity contribution in [2.75, 3.05) is 0 Å². The lowest BCUT2D eigenvalue weighted by atomic mass is 9.41. The van der Waals surface area contributed by atoms with E-state index in [4.69, 9.17) is 5.84 Å². The van der Waals surface area contributed by atoms with Crippen LogP contribution < -0.4 is 11.3 Å². The van der Waals surface area contributed by atoms with Gasteiger partial charge in [0.2, 0.25) is 0 Å². The van der Waals surface area contributed by atoms with Gasteiger partial charge in [0.05, 0.1) is 0 Å². The second-order valence-corrected chi connectivity index (χ2v) is 5.22. The monoisotopic (exact) mass is 168 g/mol. The highest BCUT2D eigenvalue weighted by molar-refractivity contribution is 5.17. The zero-order valence-electron chi connectivity index (χ0n) is 8.35. The van der Waals surface area contributed by atoms with Gasteiger partial charge in [0, 0.05) is 5.54 Å². The summed E-state index contributed by atoms with van der Waals surface area (Å²) in [5, 5.41) is 0. The van der Waals surface area contributed by atoms with Crippen LogP contribution in [0, 0.1) is 17.3 Å². The van der Waals surface area contributed by atoms with Gasteiger partial charge in [-0.3, -0.25) is 11.3 Å². The zero-order chi connectivity index (χ0) is 8.98. The lowest BCUT2D eigenvalue weighted by Gasteiger charge is -2.68. The molecule has 3 aliphatic carbocycles. The highest BCUT2D eigenvalue weighted by Crippen LogP contribution is 2.63. The van der Waals surface area contributed by atoms with Crippen molar-refractivity contribution in [1.29, 1.82) is 0 Å². The molecule has 0 saturated heterocycles. The molecular weight excluding hydrogens is 148 g/mol. The van der Waals surface area contributed by atoms with E-state index in [9.17, 15) is 0 Å². The van der Waals surface area contributed by atoms with Gasteiger partial charge in [-0.05, 0) is 36.5 Å². The van der Waals surface area contributed by atoms with Crippen molar-refractivity contribution in [3.8, 4) is 0 Å². The normalized spacial score (nSPS) is 50.0. The zero-order valence-corrected chi connectivity index (χ0v) is 8.35. The van der Waals surface area contributed by atoms with Crippen molar-refractivity contribution in [2.24, 2.45) is 23.1 Å². The summed E-state index contributed by atoms with van der Waals surface area (Å²) in [4.78, 5) is 0. The van der Waals surface area contributed by atoms with Gasteiger partial charge in [-0.1, -0.05) is 20.8 Å². The molecule has 0 aromatic rings. The molecule has 0 aliphatic heterocycles. The molecule has 3 aliphatic rings. The number of fused-ring (bicyclic) bond motifs is 2. The Balaban J connectivity index is 2.29. The standard InChI is InChI=1S/C10H20N2/c1-7-4-5-8-6-10(7,12-11)9(8,2)3/h7-8,12H,4-6,11H2,1-3H3. The van der Waals surface area contributed by atoms with E-state index in [0.29, 0.717) is 5.41 Å². The summed E-state index contributed by atoms with van der Waals surface area (Å²) in [7, 11) is 0. The first-order chi connectivity index (χ1) is 5.54. The highest BCUT2D eigenvalue weighted by atomic mass is 15.3. The molecule has 0 aromatic heterocycles. The molecule has 3 atom stereocenters. The predicted octanol–water partition coefficient (Wildman–Crippen LogP) is 1.66. The predicted molar refractivity (Wildman–Crippen MR) is 50.3 cm³/mol. The molecule has 3 rings (SSSR count). The minimum atomic E-state index is 0.246. The second kappa shape index (κ2) is 2.24. The van der Waals surface area contributed by atoms with Crippen LogP contribution in [0.5, 0.6) is 0 Å². The maximum atomic E-state index is 5.69. The summed E-state index contributed by atoms with van der Waals surface area (Å²) < 4.78 is 0. The van der Waals surface area contributed by atoms with Crippen molar-refractivity contribution in [3.63, 3.8) is 0 Å². The van der Waals surface area contributed by atoms with Gasteiger partial charge < -0.3 is 0 Å². The molecule has 0 spiro atoms. The van der Waals surface area contributed by atoms with E-state index in [-0.39, 0.29) is 5.54 Å². The number of rotatable bonds is 1. The third kappa shape index (κ3) is 0.686. The fourth-order valence-electron chi connectivity index (χ4n) is 3.52. The van der Waals surface area contributed by atoms with Crippen molar-refractivity contribution < 1.29 is 0 Å². The Bertz CT molecular complexity index is 200. The van der Waals surface area contributed by atoms with E-state index in [2.05, 4.69) is 26.2 Å². The molecule has 0 heterocycles. The largest absolute Gasteiger partial charge is 0.271 e. The Morgan fingerprint density at radius 3 is 2.33 bits per heavy atom. The molecule has 0 amide bonds. The van der Waals surface area contributed by atoms with Crippen LogP contribution in [0.15, 0.2) is 0 Å². The lowest BCUT2D eigenvalue weighted by molar-refractivity contribution is -0.147.